The zero-order valence-corrected chi connectivity index (χ0v) is 10.3. The van der Waals surface area contributed by atoms with E-state index in [-0.39, 0.29) is 12.1 Å². The van der Waals surface area contributed by atoms with Crippen molar-refractivity contribution in [2.24, 2.45) is 17.6 Å². The van der Waals surface area contributed by atoms with E-state index in [1.165, 1.54) is 32.1 Å². The van der Waals surface area contributed by atoms with E-state index in [0.29, 0.717) is 11.8 Å². The number of aliphatic hydroxyl groups excluding tert-OH is 1. The van der Waals surface area contributed by atoms with Gasteiger partial charge in [0.25, 0.3) is 0 Å². The number of hydrogen-bond acceptors (Lipinski definition) is 2. The number of aliphatic hydroxyl groups is 1. The van der Waals surface area contributed by atoms with Crippen molar-refractivity contribution in [2.45, 2.75) is 70.9 Å². The molecule has 0 radical (unpaired) electrons. The lowest BCUT2D eigenvalue weighted by Crippen LogP contribution is -2.35. The summed E-state index contributed by atoms with van der Waals surface area (Å²) in [5, 5.41) is 9.84. The van der Waals surface area contributed by atoms with Crippen molar-refractivity contribution in [3.63, 3.8) is 0 Å². The molecule has 2 unspecified atom stereocenters. The van der Waals surface area contributed by atoms with Crippen LogP contribution in [0.4, 0.5) is 0 Å². The van der Waals surface area contributed by atoms with Crippen LogP contribution >= 0.6 is 0 Å². The lowest BCUT2D eigenvalue weighted by Gasteiger charge is -2.29. The van der Waals surface area contributed by atoms with Gasteiger partial charge in [0.05, 0.1) is 6.10 Å². The third-order valence-electron chi connectivity index (χ3n) is 3.54. The van der Waals surface area contributed by atoms with Gasteiger partial charge in [-0.2, -0.15) is 0 Å². The van der Waals surface area contributed by atoms with Gasteiger partial charge in [0.2, 0.25) is 0 Å². The van der Waals surface area contributed by atoms with Crippen LogP contribution in [0.3, 0.4) is 0 Å². The first-order valence-electron chi connectivity index (χ1n) is 6.53. The lowest BCUT2D eigenvalue weighted by molar-refractivity contribution is 0.117. The Labute approximate surface area is 94.2 Å². The highest BCUT2D eigenvalue weighted by molar-refractivity contribution is 4.79. The molecule has 0 aromatic heterocycles. The lowest BCUT2D eigenvalue weighted by atomic mass is 9.81. The summed E-state index contributed by atoms with van der Waals surface area (Å²) in [7, 11) is 0. The van der Waals surface area contributed by atoms with Crippen LogP contribution in [0.5, 0.6) is 0 Å². The van der Waals surface area contributed by atoms with Gasteiger partial charge in [-0.25, -0.2) is 0 Å². The largest absolute Gasteiger partial charge is 0.393 e. The summed E-state index contributed by atoms with van der Waals surface area (Å²) >= 11 is 0. The van der Waals surface area contributed by atoms with Gasteiger partial charge in [-0.05, 0) is 37.5 Å². The summed E-state index contributed by atoms with van der Waals surface area (Å²) in [5.41, 5.74) is 6.17. The Morgan fingerprint density at radius 1 is 1.13 bits per heavy atom. The molecule has 1 aliphatic carbocycles. The van der Waals surface area contributed by atoms with Crippen LogP contribution < -0.4 is 5.73 Å². The molecule has 1 fully saturated rings. The topological polar surface area (TPSA) is 46.2 Å². The van der Waals surface area contributed by atoms with Crippen LogP contribution in [-0.2, 0) is 0 Å². The third-order valence-corrected chi connectivity index (χ3v) is 3.54. The van der Waals surface area contributed by atoms with E-state index in [4.69, 9.17) is 5.73 Å². The first kappa shape index (κ1) is 13.0. The smallest absolute Gasteiger partial charge is 0.0557 e. The Balaban J connectivity index is 2.23. The van der Waals surface area contributed by atoms with Gasteiger partial charge in [0.1, 0.15) is 0 Å². The molecule has 2 heteroatoms. The summed E-state index contributed by atoms with van der Waals surface area (Å²) in [6.07, 6.45) is 8.07. The average Bonchev–Trinajstić information content (AvgIpc) is 2.17. The zero-order chi connectivity index (χ0) is 11.3. The van der Waals surface area contributed by atoms with Gasteiger partial charge < -0.3 is 10.8 Å². The van der Waals surface area contributed by atoms with Crippen molar-refractivity contribution in [1.29, 1.82) is 0 Å². The Hall–Kier alpha value is -0.0800. The highest BCUT2D eigenvalue weighted by Crippen LogP contribution is 2.27. The van der Waals surface area contributed by atoms with Crippen LogP contribution in [0.1, 0.15) is 58.8 Å². The fourth-order valence-corrected chi connectivity index (χ4v) is 2.71. The Kier molecular flexibility index (Phi) is 5.62. The minimum Gasteiger partial charge on any atom is -0.393 e. The molecule has 3 N–H and O–H groups in total. The van der Waals surface area contributed by atoms with Gasteiger partial charge in [-0.1, -0.05) is 33.1 Å². The van der Waals surface area contributed by atoms with Crippen molar-refractivity contribution in [3.05, 3.63) is 0 Å². The summed E-state index contributed by atoms with van der Waals surface area (Å²) in [6.45, 7) is 4.30. The quantitative estimate of drug-likeness (QED) is 0.737. The molecule has 0 aliphatic heterocycles. The van der Waals surface area contributed by atoms with E-state index in [1.807, 2.05) is 0 Å². The summed E-state index contributed by atoms with van der Waals surface area (Å²) < 4.78 is 0. The van der Waals surface area contributed by atoms with Crippen LogP contribution in [-0.4, -0.2) is 17.3 Å². The molecular formula is C13H27NO. The predicted molar refractivity (Wildman–Crippen MR) is 64.6 cm³/mol. The van der Waals surface area contributed by atoms with Gasteiger partial charge in [0, 0.05) is 6.04 Å². The first-order chi connectivity index (χ1) is 7.09. The fourth-order valence-electron chi connectivity index (χ4n) is 2.71. The summed E-state index contributed by atoms with van der Waals surface area (Å²) in [6, 6.07) is 0.221. The van der Waals surface area contributed by atoms with E-state index in [0.717, 1.165) is 12.8 Å². The van der Waals surface area contributed by atoms with E-state index < -0.39 is 0 Å². The van der Waals surface area contributed by atoms with Crippen LogP contribution in [0, 0.1) is 11.8 Å². The Morgan fingerprint density at radius 2 is 1.73 bits per heavy atom. The minimum absolute atomic E-state index is 0.193. The van der Waals surface area contributed by atoms with E-state index in [1.54, 1.807) is 0 Å². The molecule has 0 heterocycles. The first-order valence-corrected chi connectivity index (χ1v) is 6.53. The Bertz CT molecular complexity index is 164. The minimum atomic E-state index is -0.193. The molecule has 0 aromatic carbocycles. The van der Waals surface area contributed by atoms with E-state index in [9.17, 15) is 5.11 Å². The molecule has 0 spiro atoms. The van der Waals surface area contributed by atoms with Crippen molar-refractivity contribution >= 4 is 0 Å². The van der Waals surface area contributed by atoms with Gasteiger partial charge >= 0.3 is 0 Å². The third kappa shape index (κ3) is 4.98. The highest BCUT2D eigenvalue weighted by atomic mass is 16.3. The second-order valence-corrected chi connectivity index (χ2v) is 5.58. The van der Waals surface area contributed by atoms with Gasteiger partial charge in [-0.15, -0.1) is 0 Å². The molecule has 15 heavy (non-hydrogen) atoms. The van der Waals surface area contributed by atoms with Crippen LogP contribution in [0.2, 0.25) is 0 Å². The monoisotopic (exact) mass is 213 g/mol. The van der Waals surface area contributed by atoms with E-state index in [2.05, 4.69) is 13.8 Å². The molecule has 1 rings (SSSR count). The maximum absolute atomic E-state index is 9.84. The number of hydrogen-bond donors (Lipinski definition) is 2. The second kappa shape index (κ2) is 6.49. The highest BCUT2D eigenvalue weighted by Gasteiger charge is 2.22. The van der Waals surface area contributed by atoms with Crippen LogP contribution in [0.25, 0.3) is 0 Å². The normalized spacial score (nSPS) is 23.0. The molecule has 1 saturated carbocycles. The van der Waals surface area contributed by atoms with Crippen LogP contribution in [0.15, 0.2) is 0 Å². The van der Waals surface area contributed by atoms with Gasteiger partial charge in [-0.3, -0.25) is 0 Å². The molecule has 0 amide bonds. The summed E-state index contributed by atoms with van der Waals surface area (Å²) in [5.74, 6) is 1.24. The molecule has 2 nitrogen and oxygen atoms in total. The van der Waals surface area contributed by atoms with Gasteiger partial charge in [0.15, 0.2) is 0 Å². The number of rotatable bonds is 5. The second-order valence-electron chi connectivity index (χ2n) is 5.58. The maximum atomic E-state index is 9.84. The molecule has 90 valence electrons. The van der Waals surface area contributed by atoms with Crippen molar-refractivity contribution in [1.82, 2.24) is 0 Å². The Morgan fingerprint density at radius 3 is 2.27 bits per heavy atom. The summed E-state index contributed by atoms with van der Waals surface area (Å²) in [4.78, 5) is 0. The van der Waals surface area contributed by atoms with Crippen molar-refractivity contribution in [3.8, 4) is 0 Å². The van der Waals surface area contributed by atoms with Crippen molar-refractivity contribution in [2.75, 3.05) is 0 Å². The molecule has 0 bridgehead atoms. The standard InChI is InChI=1S/C13H27NO/c1-10(2)8-12(15)9-13(14)11-6-4-3-5-7-11/h10-13,15H,3-9,14H2,1-2H3. The zero-order valence-electron chi connectivity index (χ0n) is 10.3. The molecule has 2 atom stereocenters. The molecular weight excluding hydrogens is 186 g/mol. The number of nitrogens with two attached hydrogens (primary N) is 1. The van der Waals surface area contributed by atoms with Crippen molar-refractivity contribution < 1.29 is 5.11 Å². The molecule has 0 saturated heterocycles. The molecule has 1 aliphatic rings. The predicted octanol–water partition coefficient (Wildman–Crippen LogP) is 2.69. The molecule has 0 aromatic rings. The van der Waals surface area contributed by atoms with E-state index >= 15 is 0 Å². The fraction of sp³-hybridized carbons (Fsp3) is 1.00. The average molecular weight is 213 g/mol. The SMILES string of the molecule is CC(C)CC(O)CC(N)C1CCCCC1. The maximum Gasteiger partial charge on any atom is 0.0557 e.